The van der Waals surface area contributed by atoms with E-state index in [4.69, 9.17) is 5.73 Å². The van der Waals surface area contributed by atoms with Crippen LogP contribution in [0.5, 0.6) is 0 Å². The smallest absolute Gasteiger partial charge is 0.241 e. The highest BCUT2D eigenvalue weighted by atomic mass is 16.2. The van der Waals surface area contributed by atoms with Crippen molar-refractivity contribution in [3.05, 3.63) is 24.3 Å². The van der Waals surface area contributed by atoms with Crippen molar-refractivity contribution < 1.29 is 4.79 Å². The third-order valence-corrected chi connectivity index (χ3v) is 4.84. The first-order chi connectivity index (χ1) is 10.5. The van der Waals surface area contributed by atoms with Crippen molar-refractivity contribution in [3.8, 4) is 0 Å². The number of rotatable bonds is 5. The summed E-state index contributed by atoms with van der Waals surface area (Å²) >= 11 is 0. The fourth-order valence-electron chi connectivity index (χ4n) is 2.76. The number of nitrogens with two attached hydrogens (primary N) is 1. The van der Waals surface area contributed by atoms with Crippen LogP contribution in [0.1, 0.15) is 40.0 Å². The number of nitrogens with zero attached hydrogens (tertiary/aromatic N) is 1. The minimum Gasteiger partial charge on any atom is -0.372 e. The molecule has 1 fully saturated rings. The summed E-state index contributed by atoms with van der Waals surface area (Å²) in [6.07, 6.45) is 3.41. The number of piperidine rings is 1. The molecule has 0 aromatic heterocycles. The van der Waals surface area contributed by atoms with Crippen molar-refractivity contribution in [3.63, 3.8) is 0 Å². The summed E-state index contributed by atoms with van der Waals surface area (Å²) in [6.45, 7) is 8.60. The standard InChI is InChI=1S/C18H29N3O/c1-4-14(3)17(19)18(22)20-15-5-7-16(8-6-15)21-11-9-13(2)10-12-21/h5-8,13-14,17H,4,9-12,19H2,1-3H3,(H,20,22)/t14?,17-/m0/s1. The van der Waals surface area contributed by atoms with Crippen molar-refractivity contribution >= 4 is 17.3 Å². The summed E-state index contributed by atoms with van der Waals surface area (Å²) in [4.78, 5) is 14.5. The monoisotopic (exact) mass is 303 g/mol. The molecule has 0 saturated carbocycles. The zero-order chi connectivity index (χ0) is 16.1. The maximum absolute atomic E-state index is 12.1. The van der Waals surface area contributed by atoms with Gasteiger partial charge in [-0.15, -0.1) is 0 Å². The second-order valence-electron chi connectivity index (χ2n) is 6.62. The SMILES string of the molecule is CCC(C)[C@H](N)C(=O)Nc1ccc(N2CCC(C)CC2)cc1. The summed E-state index contributed by atoms with van der Waals surface area (Å²) < 4.78 is 0. The molecule has 1 amide bonds. The van der Waals surface area contributed by atoms with E-state index in [-0.39, 0.29) is 11.8 Å². The molecule has 0 bridgehead atoms. The van der Waals surface area contributed by atoms with Crippen LogP contribution in [0.15, 0.2) is 24.3 Å². The van der Waals surface area contributed by atoms with Crippen LogP contribution in [-0.2, 0) is 4.79 Å². The van der Waals surface area contributed by atoms with Crippen molar-refractivity contribution in [1.29, 1.82) is 0 Å². The quantitative estimate of drug-likeness (QED) is 0.878. The molecule has 22 heavy (non-hydrogen) atoms. The number of nitrogens with one attached hydrogen (secondary N) is 1. The van der Waals surface area contributed by atoms with Gasteiger partial charge in [-0.1, -0.05) is 27.2 Å². The Kier molecular flexibility index (Phi) is 5.83. The summed E-state index contributed by atoms with van der Waals surface area (Å²) in [7, 11) is 0. The van der Waals surface area contributed by atoms with Gasteiger partial charge in [0.05, 0.1) is 6.04 Å². The molecule has 1 saturated heterocycles. The second-order valence-corrected chi connectivity index (χ2v) is 6.62. The van der Waals surface area contributed by atoms with Gasteiger partial charge in [0.15, 0.2) is 0 Å². The van der Waals surface area contributed by atoms with Gasteiger partial charge in [-0.05, 0) is 48.9 Å². The third kappa shape index (κ3) is 4.23. The topological polar surface area (TPSA) is 58.4 Å². The molecule has 0 radical (unpaired) electrons. The highest BCUT2D eigenvalue weighted by Crippen LogP contribution is 2.24. The molecule has 122 valence electrons. The Morgan fingerprint density at radius 1 is 1.32 bits per heavy atom. The lowest BCUT2D eigenvalue weighted by molar-refractivity contribution is -0.118. The van der Waals surface area contributed by atoms with Gasteiger partial charge in [0.25, 0.3) is 0 Å². The Labute approximate surface area is 134 Å². The average Bonchev–Trinajstić information content (AvgIpc) is 2.55. The molecule has 1 aromatic carbocycles. The fraction of sp³-hybridized carbons (Fsp3) is 0.611. The number of hydrogen-bond acceptors (Lipinski definition) is 3. The highest BCUT2D eigenvalue weighted by molar-refractivity contribution is 5.95. The van der Waals surface area contributed by atoms with E-state index in [0.717, 1.165) is 31.1 Å². The number of benzene rings is 1. The first-order valence-corrected chi connectivity index (χ1v) is 8.42. The zero-order valence-electron chi connectivity index (χ0n) is 14.0. The summed E-state index contributed by atoms with van der Waals surface area (Å²) in [6, 6.07) is 7.65. The van der Waals surface area contributed by atoms with Crippen molar-refractivity contribution in [2.24, 2.45) is 17.6 Å². The van der Waals surface area contributed by atoms with E-state index in [1.165, 1.54) is 18.5 Å². The van der Waals surface area contributed by atoms with Gasteiger partial charge in [-0.3, -0.25) is 4.79 Å². The first-order valence-electron chi connectivity index (χ1n) is 8.42. The van der Waals surface area contributed by atoms with E-state index in [1.54, 1.807) is 0 Å². The van der Waals surface area contributed by atoms with E-state index < -0.39 is 6.04 Å². The lowest BCUT2D eigenvalue weighted by atomic mass is 9.98. The van der Waals surface area contributed by atoms with Crippen LogP contribution in [0.4, 0.5) is 11.4 Å². The Morgan fingerprint density at radius 3 is 2.45 bits per heavy atom. The lowest BCUT2D eigenvalue weighted by Gasteiger charge is -2.32. The normalized spacial score (nSPS) is 18.8. The first kappa shape index (κ1) is 16.8. The maximum atomic E-state index is 12.1. The van der Waals surface area contributed by atoms with Gasteiger partial charge in [0, 0.05) is 24.5 Å². The average molecular weight is 303 g/mol. The molecule has 4 nitrogen and oxygen atoms in total. The van der Waals surface area contributed by atoms with E-state index in [0.29, 0.717) is 0 Å². The molecule has 4 heteroatoms. The molecule has 2 rings (SSSR count). The molecule has 3 N–H and O–H groups in total. The minimum atomic E-state index is -0.451. The molecule has 1 unspecified atom stereocenters. The number of carbonyl (C=O) groups excluding carboxylic acids is 1. The largest absolute Gasteiger partial charge is 0.372 e. The van der Waals surface area contributed by atoms with Crippen LogP contribution in [0.25, 0.3) is 0 Å². The highest BCUT2D eigenvalue weighted by Gasteiger charge is 2.20. The Bertz CT molecular complexity index is 478. The molecule has 0 spiro atoms. The molecule has 1 aliphatic rings. The minimum absolute atomic E-state index is 0.103. The predicted molar refractivity (Wildman–Crippen MR) is 93.1 cm³/mol. The zero-order valence-corrected chi connectivity index (χ0v) is 14.0. The number of carbonyl (C=O) groups is 1. The van der Waals surface area contributed by atoms with Crippen LogP contribution >= 0.6 is 0 Å². The van der Waals surface area contributed by atoms with Crippen molar-refractivity contribution in [1.82, 2.24) is 0 Å². The van der Waals surface area contributed by atoms with Gasteiger partial charge in [-0.25, -0.2) is 0 Å². The van der Waals surface area contributed by atoms with Gasteiger partial charge < -0.3 is 16.0 Å². The van der Waals surface area contributed by atoms with Gasteiger partial charge in [0.2, 0.25) is 5.91 Å². The van der Waals surface area contributed by atoms with Gasteiger partial charge >= 0.3 is 0 Å². The molecular formula is C18H29N3O. The van der Waals surface area contributed by atoms with Crippen LogP contribution in [0.2, 0.25) is 0 Å². The number of anilines is 2. The molecule has 0 aliphatic carbocycles. The summed E-state index contributed by atoms with van der Waals surface area (Å²) in [5.74, 6) is 0.917. The molecule has 1 aromatic rings. The Balaban J connectivity index is 1.93. The fourth-order valence-corrected chi connectivity index (χ4v) is 2.76. The van der Waals surface area contributed by atoms with E-state index >= 15 is 0 Å². The van der Waals surface area contributed by atoms with Gasteiger partial charge in [0.1, 0.15) is 0 Å². The van der Waals surface area contributed by atoms with Crippen molar-refractivity contribution in [2.75, 3.05) is 23.3 Å². The van der Waals surface area contributed by atoms with Crippen molar-refractivity contribution in [2.45, 2.75) is 46.1 Å². The molecule has 2 atom stereocenters. The Hall–Kier alpha value is -1.55. The lowest BCUT2D eigenvalue weighted by Crippen LogP contribution is -2.40. The number of hydrogen-bond donors (Lipinski definition) is 2. The van der Waals surface area contributed by atoms with Crippen LogP contribution in [-0.4, -0.2) is 25.0 Å². The molecule has 1 aliphatic heterocycles. The summed E-state index contributed by atoms with van der Waals surface area (Å²) in [5.41, 5.74) is 8.01. The maximum Gasteiger partial charge on any atom is 0.241 e. The molecule has 1 heterocycles. The van der Waals surface area contributed by atoms with Crippen LogP contribution < -0.4 is 16.0 Å². The van der Waals surface area contributed by atoms with Crippen LogP contribution in [0, 0.1) is 11.8 Å². The predicted octanol–water partition coefficient (Wildman–Crippen LogP) is 3.23. The molecular weight excluding hydrogens is 274 g/mol. The summed E-state index contributed by atoms with van der Waals surface area (Å²) in [5, 5.41) is 2.91. The van der Waals surface area contributed by atoms with E-state index in [1.807, 2.05) is 26.0 Å². The second kappa shape index (κ2) is 7.63. The van der Waals surface area contributed by atoms with E-state index in [9.17, 15) is 4.79 Å². The number of amides is 1. The Morgan fingerprint density at radius 2 is 1.91 bits per heavy atom. The van der Waals surface area contributed by atoms with Gasteiger partial charge in [-0.2, -0.15) is 0 Å². The van der Waals surface area contributed by atoms with Crippen LogP contribution in [0.3, 0.4) is 0 Å². The third-order valence-electron chi connectivity index (χ3n) is 4.84. The van der Waals surface area contributed by atoms with E-state index in [2.05, 4.69) is 29.3 Å².